The highest BCUT2D eigenvalue weighted by molar-refractivity contribution is 5.74. The van der Waals surface area contributed by atoms with Crippen LogP contribution < -0.4 is 10.6 Å². The summed E-state index contributed by atoms with van der Waals surface area (Å²) in [7, 11) is 1.84. The number of aliphatic hydroxyl groups is 1. The van der Waals surface area contributed by atoms with Crippen molar-refractivity contribution in [3.8, 4) is 0 Å². The molecule has 2 aromatic rings. The molecule has 0 radical (unpaired) electrons. The van der Waals surface area contributed by atoms with Crippen LogP contribution in [-0.2, 0) is 7.05 Å². The molecule has 23 heavy (non-hydrogen) atoms. The average Bonchev–Trinajstić information content (AvgIpc) is 2.94. The van der Waals surface area contributed by atoms with Gasteiger partial charge >= 0.3 is 6.03 Å². The van der Waals surface area contributed by atoms with E-state index in [2.05, 4.69) is 15.7 Å². The third kappa shape index (κ3) is 5.10. The van der Waals surface area contributed by atoms with Crippen molar-refractivity contribution >= 4 is 6.03 Å². The Morgan fingerprint density at radius 1 is 1.22 bits per heavy atom. The minimum Gasteiger partial charge on any atom is -0.388 e. The van der Waals surface area contributed by atoms with Gasteiger partial charge in [-0.15, -0.1) is 0 Å². The molecule has 0 aliphatic carbocycles. The van der Waals surface area contributed by atoms with Crippen LogP contribution in [0.15, 0.2) is 42.7 Å². The number of urea groups is 1. The number of benzene rings is 1. The van der Waals surface area contributed by atoms with Crippen molar-refractivity contribution < 1.29 is 9.90 Å². The number of carbonyl (C=O) groups excluding carboxylic acids is 1. The van der Waals surface area contributed by atoms with E-state index in [4.69, 9.17) is 0 Å². The monoisotopic (exact) mass is 316 g/mol. The van der Waals surface area contributed by atoms with E-state index < -0.39 is 6.10 Å². The normalized spacial score (nSPS) is 14.8. The van der Waals surface area contributed by atoms with Crippen molar-refractivity contribution in [3.63, 3.8) is 0 Å². The van der Waals surface area contributed by atoms with E-state index in [0.29, 0.717) is 6.42 Å². The van der Waals surface area contributed by atoms with E-state index in [1.54, 1.807) is 10.9 Å². The summed E-state index contributed by atoms with van der Waals surface area (Å²) in [4.78, 5) is 12.0. The van der Waals surface area contributed by atoms with Crippen molar-refractivity contribution in [1.29, 1.82) is 0 Å². The first-order chi connectivity index (χ1) is 11.0. The number of rotatable bonds is 6. The van der Waals surface area contributed by atoms with Crippen LogP contribution in [0.25, 0.3) is 0 Å². The molecule has 1 aromatic carbocycles. The molecule has 0 saturated carbocycles. The molecule has 0 fully saturated rings. The number of nitrogens with one attached hydrogen (secondary N) is 2. The Balaban J connectivity index is 1.80. The third-order valence-electron chi connectivity index (χ3n) is 3.71. The minimum absolute atomic E-state index is 0.130. The lowest BCUT2D eigenvalue weighted by Gasteiger charge is -2.20. The van der Waals surface area contributed by atoms with E-state index in [1.165, 1.54) is 0 Å². The van der Waals surface area contributed by atoms with Crippen LogP contribution in [0.5, 0.6) is 0 Å². The van der Waals surface area contributed by atoms with E-state index in [0.717, 1.165) is 11.1 Å². The molecule has 6 heteroatoms. The summed E-state index contributed by atoms with van der Waals surface area (Å²) in [6.07, 6.45) is 3.46. The van der Waals surface area contributed by atoms with E-state index in [-0.39, 0.29) is 18.1 Å². The van der Waals surface area contributed by atoms with Gasteiger partial charge in [0.2, 0.25) is 0 Å². The Bertz CT molecular complexity index is 627. The lowest BCUT2D eigenvalue weighted by atomic mass is 10.0. The fourth-order valence-electron chi connectivity index (χ4n) is 2.41. The van der Waals surface area contributed by atoms with Gasteiger partial charge in [-0.3, -0.25) is 4.68 Å². The second-order valence-electron chi connectivity index (χ2n) is 5.85. The van der Waals surface area contributed by atoms with Crippen LogP contribution >= 0.6 is 0 Å². The number of hydrogen-bond acceptors (Lipinski definition) is 3. The summed E-state index contributed by atoms with van der Waals surface area (Å²) >= 11 is 0. The summed E-state index contributed by atoms with van der Waals surface area (Å²) in [5, 5.41) is 20.0. The zero-order valence-electron chi connectivity index (χ0n) is 13.7. The van der Waals surface area contributed by atoms with Crippen LogP contribution in [0.4, 0.5) is 4.79 Å². The molecule has 2 rings (SSSR count). The standard InChI is InChI=1S/C17H24N4O2/c1-12(9-16(22)14-7-5-4-6-8-14)19-17(23)20-13(2)15-10-18-21(3)11-15/h4-8,10-13,16,22H,9H2,1-3H3,(H2,19,20,23). The molecule has 0 spiro atoms. The number of amides is 2. The lowest BCUT2D eigenvalue weighted by Crippen LogP contribution is -2.42. The molecule has 1 heterocycles. The van der Waals surface area contributed by atoms with Crippen LogP contribution in [0.3, 0.4) is 0 Å². The van der Waals surface area contributed by atoms with E-state index in [1.807, 2.05) is 57.4 Å². The molecule has 0 aliphatic heterocycles. The lowest BCUT2D eigenvalue weighted by molar-refractivity contribution is 0.154. The highest BCUT2D eigenvalue weighted by Gasteiger charge is 2.16. The second-order valence-corrected chi connectivity index (χ2v) is 5.85. The average molecular weight is 316 g/mol. The molecule has 6 nitrogen and oxygen atoms in total. The topological polar surface area (TPSA) is 79.2 Å². The number of aryl methyl sites for hydroxylation is 1. The Morgan fingerprint density at radius 3 is 2.52 bits per heavy atom. The molecular formula is C17H24N4O2. The van der Waals surface area contributed by atoms with Gasteiger partial charge in [0.05, 0.1) is 18.3 Å². The molecule has 0 aliphatic rings. The van der Waals surface area contributed by atoms with E-state index >= 15 is 0 Å². The molecule has 124 valence electrons. The van der Waals surface area contributed by atoms with Crippen LogP contribution in [-0.4, -0.2) is 27.0 Å². The predicted molar refractivity (Wildman–Crippen MR) is 88.8 cm³/mol. The Kier molecular flexibility index (Phi) is 5.76. The maximum absolute atomic E-state index is 12.0. The Hall–Kier alpha value is -2.34. The largest absolute Gasteiger partial charge is 0.388 e. The number of carbonyl (C=O) groups is 1. The van der Waals surface area contributed by atoms with Gasteiger partial charge < -0.3 is 15.7 Å². The predicted octanol–water partition coefficient (Wildman–Crippen LogP) is 2.29. The van der Waals surface area contributed by atoms with Crippen LogP contribution in [0.1, 0.15) is 43.5 Å². The SMILES string of the molecule is CC(CC(O)c1ccccc1)NC(=O)NC(C)c1cnn(C)c1. The minimum atomic E-state index is -0.595. The Labute approximate surface area is 136 Å². The molecule has 0 saturated heterocycles. The highest BCUT2D eigenvalue weighted by atomic mass is 16.3. The third-order valence-corrected chi connectivity index (χ3v) is 3.71. The van der Waals surface area contributed by atoms with Crippen LogP contribution in [0.2, 0.25) is 0 Å². The zero-order chi connectivity index (χ0) is 16.8. The van der Waals surface area contributed by atoms with Crippen molar-refractivity contribution in [2.45, 2.75) is 38.5 Å². The zero-order valence-corrected chi connectivity index (χ0v) is 13.7. The number of nitrogens with zero attached hydrogens (tertiary/aromatic N) is 2. The van der Waals surface area contributed by atoms with Gasteiger partial charge in [-0.1, -0.05) is 30.3 Å². The van der Waals surface area contributed by atoms with Crippen LogP contribution in [0, 0.1) is 0 Å². The maximum Gasteiger partial charge on any atom is 0.315 e. The van der Waals surface area contributed by atoms with Gasteiger partial charge in [-0.2, -0.15) is 5.10 Å². The van der Waals surface area contributed by atoms with Gasteiger partial charge in [0.25, 0.3) is 0 Å². The highest BCUT2D eigenvalue weighted by Crippen LogP contribution is 2.17. The summed E-state index contributed by atoms with van der Waals surface area (Å²) in [5.74, 6) is 0. The molecule has 3 N–H and O–H groups in total. The van der Waals surface area contributed by atoms with Crippen molar-refractivity contribution in [2.75, 3.05) is 0 Å². The molecule has 3 unspecified atom stereocenters. The maximum atomic E-state index is 12.0. The number of aliphatic hydroxyl groups excluding tert-OH is 1. The van der Waals surface area contributed by atoms with Gasteiger partial charge in [-0.05, 0) is 25.8 Å². The van der Waals surface area contributed by atoms with Gasteiger partial charge in [0.15, 0.2) is 0 Å². The first-order valence-corrected chi connectivity index (χ1v) is 7.74. The summed E-state index contributed by atoms with van der Waals surface area (Å²) in [6.45, 7) is 3.78. The van der Waals surface area contributed by atoms with Gasteiger partial charge in [-0.25, -0.2) is 4.79 Å². The smallest absolute Gasteiger partial charge is 0.315 e. The fraction of sp³-hybridized carbons (Fsp3) is 0.412. The van der Waals surface area contributed by atoms with Gasteiger partial charge in [0, 0.05) is 24.8 Å². The number of aromatic nitrogens is 2. The molecule has 0 bridgehead atoms. The van der Waals surface area contributed by atoms with Crippen molar-refractivity contribution in [3.05, 3.63) is 53.9 Å². The quantitative estimate of drug-likeness (QED) is 0.765. The molecule has 1 aromatic heterocycles. The second kappa shape index (κ2) is 7.78. The van der Waals surface area contributed by atoms with Gasteiger partial charge in [0.1, 0.15) is 0 Å². The fourth-order valence-corrected chi connectivity index (χ4v) is 2.41. The molecule has 2 amide bonds. The summed E-state index contributed by atoms with van der Waals surface area (Å²) < 4.78 is 1.70. The molecular weight excluding hydrogens is 292 g/mol. The summed E-state index contributed by atoms with van der Waals surface area (Å²) in [6, 6.07) is 8.91. The summed E-state index contributed by atoms with van der Waals surface area (Å²) in [5.41, 5.74) is 1.80. The number of hydrogen-bond donors (Lipinski definition) is 3. The van der Waals surface area contributed by atoms with Crippen molar-refractivity contribution in [1.82, 2.24) is 20.4 Å². The van der Waals surface area contributed by atoms with E-state index in [9.17, 15) is 9.90 Å². The first kappa shape index (κ1) is 17.0. The molecule has 3 atom stereocenters. The van der Waals surface area contributed by atoms with Crippen molar-refractivity contribution in [2.24, 2.45) is 7.05 Å². The first-order valence-electron chi connectivity index (χ1n) is 7.74. The Morgan fingerprint density at radius 2 is 1.91 bits per heavy atom.